The molecule has 0 aliphatic carbocycles. The maximum absolute atomic E-state index is 11.9. The van der Waals surface area contributed by atoms with Crippen LogP contribution in [0, 0.1) is 0 Å². The summed E-state index contributed by atoms with van der Waals surface area (Å²) in [7, 11) is 0. The molecule has 7 nitrogen and oxygen atoms in total. The highest BCUT2D eigenvalue weighted by Crippen LogP contribution is 2.08. The summed E-state index contributed by atoms with van der Waals surface area (Å²) in [6, 6.07) is 18.7. The van der Waals surface area contributed by atoms with Crippen LogP contribution in [-0.4, -0.2) is 34.7 Å². The molecule has 3 rings (SSSR count). The van der Waals surface area contributed by atoms with Crippen LogP contribution in [0.2, 0.25) is 0 Å². The maximum atomic E-state index is 11.9. The van der Waals surface area contributed by atoms with Gasteiger partial charge in [-0.05, 0) is 24.3 Å². The van der Waals surface area contributed by atoms with E-state index < -0.39 is 0 Å². The summed E-state index contributed by atoms with van der Waals surface area (Å²) in [4.78, 5) is 23.6. The lowest BCUT2D eigenvalue weighted by molar-refractivity contribution is -0.127. The minimum atomic E-state index is -0.356. The average Bonchev–Trinajstić information content (AvgIpc) is 3.20. The van der Waals surface area contributed by atoms with Crippen LogP contribution < -0.4 is 15.4 Å². The van der Waals surface area contributed by atoms with E-state index in [1.807, 2.05) is 54.7 Å². The first-order valence-corrected chi connectivity index (χ1v) is 8.51. The zero-order valence-electron chi connectivity index (χ0n) is 14.7. The Hall–Kier alpha value is -3.61. The molecular formula is C20H20N4O3. The van der Waals surface area contributed by atoms with Crippen molar-refractivity contribution in [1.29, 1.82) is 0 Å². The number of amides is 2. The molecular weight excluding hydrogens is 344 g/mol. The number of aromatic nitrogens is 2. The van der Waals surface area contributed by atoms with Crippen molar-refractivity contribution in [3.05, 3.63) is 78.6 Å². The first kappa shape index (κ1) is 18.2. The van der Waals surface area contributed by atoms with Crippen molar-refractivity contribution in [3.63, 3.8) is 0 Å². The van der Waals surface area contributed by atoms with Gasteiger partial charge in [0.05, 0.1) is 18.4 Å². The zero-order valence-corrected chi connectivity index (χ0v) is 14.7. The highest BCUT2D eigenvalue weighted by Gasteiger charge is 2.07. The molecule has 0 fully saturated rings. The molecule has 138 valence electrons. The lowest BCUT2D eigenvalue weighted by atomic mass is 10.3. The Labute approximate surface area is 157 Å². The van der Waals surface area contributed by atoms with E-state index in [1.54, 1.807) is 23.0 Å². The van der Waals surface area contributed by atoms with Gasteiger partial charge in [-0.3, -0.25) is 9.59 Å². The molecule has 2 aromatic carbocycles. The number of ether oxygens (including phenoxy) is 1. The Kier molecular flexibility index (Phi) is 6.19. The maximum Gasteiger partial charge on any atom is 0.258 e. The third-order valence-electron chi connectivity index (χ3n) is 3.71. The molecule has 0 spiro atoms. The van der Waals surface area contributed by atoms with Gasteiger partial charge in [-0.15, -0.1) is 0 Å². The zero-order chi connectivity index (χ0) is 18.9. The first-order valence-electron chi connectivity index (χ1n) is 8.51. The first-order chi connectivity index (χ1) is 13.2. The topological polar surface area (TPSA) is 85.2 Å². The fourth-order valence-electron chi connectivity index (χ4n) is 2.33. The minimum absolute atomic E-state index is 0.107. The average molecular weight is 364 g/mol. The van der Waals surface area contributed by atoms with Crippen molar-refractivity contribution < 1.29 is 14.3 Å². The number of benzene rings is 2. The van der Waals surface area contributed by atoms with Crippen molar-refractivity contribution in [2.24, 2.45) is 0 Å². The number of nitrogens with one attached hydrogen (secondary N) is 2. The molecule has 0 saturated heterocycles. The van der Waals surface area contributed by atoms with Crippen LogP contribution in [0.1, 0.15) is 5.56 Å². The predicted octanol–water partition coefficient (Wildman–Crippen LogP) is 1.68. The van der Waals surface area contributed by atoms with E-state index in [2.05, 4.69) is 15.7 Å². The summed E-state index contributed by atoms with van der Waals surface area (Å²) in [5.41, 5.74) is 1.81. The number of rotatable bonds is 8. The van der Waals surface area contributed by atoms with Crippen LogP contribution in [0.5, 0.6) is 5.75 Å². The van der Waals surface area contributed by atoms with Gasteiger partial charge in [0, 0.05) is 18.3 Å². The van der Waals surface area contributed by atoms with Crippen LogP contribution in [0.4, 0.5) is 0 Å². The highest BCUT2D eigenvalue weighted by molar-refractivity contribution is 5.85. The number of nitrogens with zero attached hydrogens (tertiary/aromatic N) is 2. The molecule has 2 N–H and O–H groups in total. The molecule has 0 aliphatic heterocycles. The third kappa shape index (κ3) is 5.71. The van der Waals surface area contributed by atoms with Crippen LogP contribution in [0.3, 0.4) is 0 Å². The fourth-order valence-corrected chi connectivity index (χ4v) is 2.33. The van der Waals surface area contributed by atoms with E-state index in [0.29, 0.717) is 12.3 Å². The summed E-state index contributed by atoms with van der Waals surface area (Å²) in [6.07, 6.45) is 3.54. The lowest BCUT2D eigenvalue weighted by Gasteiger charge is -2.07. The van der Waals surface area contributed by atoms with Gasteiger partial charge < -0.3 is 15.4 Å². The lowest BCUT2D eigenvalue weighted by Crippen LogP contribution is -2.38. The molecule has 0 aliphatic rings. The SMILES string of the molecule is O=C(CNC(=O)COc1ccccc1)NCc1cnn(-c2ccccc2)c1. The van der Waals surface area contributed by atoms with E-state index in [4.69, 9.17) is 4.74 Å². The standard InChI is InChI=1S/C20H20N4O3/c25-19(13-22-20(26)15-27-18-9-5-2-6-10-18)21-11-16-12-23-24(14-16)17-7-3-1-4-8-17/h1-10,12,14H,11,13,15H2,(H,21,25)(H,22,26). The Morgan fingerprint density at radius 2 is 1.63 bits per heavy atom. The van der Waals surface area contributed by atoms with Gasteiger partial charge in [-0.1, -0.05) is 36.4 Å². The molecule has 1 aromatic heterocycles. The Morgan fingerprint density at radius 1 is 0.926 bits per heavy atom. The van der Waals surface area contributed by atoms with Gasteiger partial charge in [-0.25, -0.2) is 4.68 Å². The van der Waals surface area contributed by atoms with Crippen molar-refractivity contribution in [3.8, 4) is 11.4 Å². The quantitative estimate of drug-likeness (QED) is 0.637. The molecule has 27 heavy (non-hydrogen) atoms. The number of carbonyl (C=O) groups excluding carboxylic acids is 2. The van der Waals surface area contributed by atoms with E-state index >= 15 is 0 Å². The molecule has 1 heterocycles. The molecule has 2 amide bonds. The van der Waals surface area contributed by atoms with E-state index in [1.165, 1.54) is 0 Å². The smallest absolute Gasteiger partial charge is 0.258 e. The number of hydrogen-bond acceptors (Lipinski definition) is 4. The van der Waals surface area contributed by atoms with Gasteiger partial charge in [0.25, 0.3) is 5.91 Å². The molecule has 7 heteroatoms. The Balaban J connectivity index is 1.37. The molecule has 0 saturated carbocycles. The molecule has 0 bridgehead atoms. The number of hydrogen-bond donors (Lipinski definition) is 2. The monoisotopic (exact) mass is 364 g/mol. The van der Waals surface area contributed by atoms with Gasteiger partial charge in [0.15, 0.2) is 6.61 Å². The van der Waals surface area contributed by atoms with Crippen molar-refractivity contribution in [1.82, 2.24) is 20.4 Å². The van der Waals surface area contributed by atoms with Gasteiger partial charge in [-0.2, -0.15) is 5.10 Å². The van der Waals surface area contributed by atoms with Crippen molar-refractivity contribution in [2.75, 3.05) is 13.2 Å². The van der Waals surface area contributed by atoms with E-state index in [-0.39, 0.29) is 25.0 Å². The fraction of sp³-hybridized carbons (Fsp3) is 0.150. The second-order valence-electron chi connectivity index (χ2n) is 5.78. The third-order valence-corrected chi connectivity index (χ3v) is 3.71. The number of para-hydroxylation sites is 2. The number of carbonyl (C=O) groups is 2. The summed E-state index contributed by atoms with van der Waals surface area (Å²) in [5, 5.41) is 9.54. The van der Waals surface area contributed by atoms with E-state index in [0.717, 1.165) is 11.3 Å². The summed E-state index contributed by atoms with van der Waals surface area (Å²) >= 11 is 0. The van der Waals surface area contributed by atoms with E-state index in [9.17, 15) is 9.59 Å². The van der Waals surface area contributed by atoms with Crippen LogP contribution >= 0.6 is 0 Å². The van der Waals surface area contributed by atoms with Crippen molar-refractivity contribution >= 4 is 11.8 Å². The Bertz CT molecular complexity index is 879. The summed E-state index contributed by atoms with van der Waals surface area (Å²) in [6.45, 7) is 0.0903. The second kappa shape index (κ2) is 9.19. The molecule has 0 unspecified atom stereocenters. The highest BCUT2D eigenvalue weighted by atomic mass is 16.5. The van der Waals surface area contributed by atoms with Crippen molar-refractivity contribution in [2.45, 2.75) is 6.54 Å². The van der Waals surface area contributed by atoms with Crippen LogP contribution in [0.15, 0.2) is 73.1 Å². The largest absolute Gasteiger partial charge is 0.484 e. The normalized spacial score (nSPS) is 10.2. The van der Waals surface area contributed by atoms with Crippen LogP contribution in [-0.2, 0) is 16.1 Å². The molecule has 3 aromatic rings. The van der Waals surface area contributed by atoms with Crippen LogP contribution in [0.25, 0.3) is 5.69 Å². The summed E-state index contributed by atoms with van der Waals surface area (Å²) < 4.78 is 7.06. The minimum Gasteiger partial charge on any atom is -0.484 e. The van der Waals surface area contributed by atoms with Gasteiger partial charge >= 0.3 is 0 Å². The predicted molar refractivity (Wildman–Crippen MR) is 100 cm³/mol. The molecule has 0 atom stereocenters. The Morgan fingerprint density at radius 3 is 2.37 bits per heavy atom. The molecule has 0 radical (unpaired) electrons. The van der Waals surface area contributed by atoms with Gasteiger partial charge in [0.2, 0.25) is 5.91 Å². The second-order valence-corrected chi connectivity index (χ2v) is 5.78. The summed E-state index contributed by atoms with van der Waals surface area (Å²) in [5.74, 6) is -0.0334. The van der Waals surface area contributed by atoms with Gasteiger partial charge in [0.1, 0.15) is 5.75 Å².